The summed E-state index contributed by atoms with van der Waals surface area (Å²) in [6.45, 7) is 3.68. The first-order valence-electron chi connectivity index (χ1n) is 6.70. The van der Waals surface area contributed by atoms with Crippen LogP contribution in [0.3, 0.4) is 0 Å². The van der Waals surface area contributed by atoms with E-state index in [0.717, 1.165) is 34.5 Å². The normalized spacial score (nSPS) is 14.6. The van der Waals surface area contributed by atoms with Crippen LogP contribution in [0.15, 0.2) is 16.5 Å². The molecule has 6 heteroatoms. The van der Waals surface area contributed by atoms with Crippen LogP contribution >= 0.6 is 24.0 Å². The summed E-state index contributed by atoms with van der Waals surface area (Å²) in [6, 6.07) is 3.64. The monoisotopic (exact) mass is 329 g/mol. The molecule has 1 aliphatic rings. The van der Waals surface area contributed by atoms with Gasteiger partial charge in [-0.2, -0.15) is 0 Å². The lowest BCUT2D eigenvalue weighted by molar-refractivity contribution is 0.0489. The Bertz CT molecular complexity index is 681. The van der Waals surface area contributed by atoms with Gasteiger partial charge in [-0.05, 0) is 38.1 Å². The van der Waals surface area contributed by atoms with Gasteiger partial charge < -0.3 is 14.1 Å². The Hall–Kier alpha value is -1.23. The molecule has 0 fully saturated rings. The minimum absolute atomic E-state index is 0. The molecular formula is C15H17Cl2NO3. The van der Waals surface area contributed by atoms with Gasteiger partial charge in [0.2, 0.25) is 5.76 Å². The van der Waals surface area contributed by atoms with Crippen LogP contribution in [-0.2, 0) is 17.7 Å². The highest BCUT2D eigenvalue weighted by molar-refractivity contribution is 6.32. The Balaban J connectivity index is 0.00000161. The molecule has 21 heavy (non-hydrogen) atoms. The molecule has 0 unspecified atom stereocenters. The lowest BCUT2D eigenvalue weighted by atomic mass is 10.0. The Labute approximate surface area is 134 Å². The number of hydrogen-bond acceptors (Lipinski definition) is 4. The van der Waals surface area contributed by atoms with E-state index in [4.69, 9.17) is 20.8 Å². The van der Waals surface area contributed by atoms with Crippen molar-refractivity contribution < 1.29 is 13.9 Å². The summed E-state index contributed by atoms with van der Waals surface area (Å²) >= 11 is 6.30. The number of esters is 1. The molecule has 2 heterocycles. The molecule has 0 saturated carbocycles. The molecule has 114 valence electrons. The largest absolute Gasteiger partial charge is 0.460 e. The predicted octanol–water partition coefficient (Wildman–Crippen LogP) is 3.67. The van der Waals surface area contributed by atoms with Crippen LogP contribution in [0.4, 0.5) is 0 Å². The van der Waals surface area contributed by atoms with Gasteiger partial charge in [-0.25, -0.2) is 4.79 Å². The number of carbonyl (C=O) groups excluding carboxylic acids is 1. The quantitative estimate of drug-likeness (QED) is 0.788. The van der Waals surface area contributed by atoms with Gasteiger partial charge in [0.15, 0.2) is 0 Å². The minimum Gasteiger partial charge on any atom is -0.460 e. The smallest absolute Gasteiger partial charge is 0.374 e. The second kappa shape index (κ2) is 6.26. The van der Waals surface area contributed by atoms with Crippen molar-refractivity contribution in [2.24, 2.45) is 0 Å². The lowest BCUT2D eigenvalue weighted by Crippen LogP contribution is -2.20. The van der Waals surface area contributed by atoms with E-state index in [2.05, 4.69) is 4.90 Å². The van der Waals surface area contributed by atoms with E-state index in [1.54, 1.807) is 6.92 Å². The summed E-state index contributed by atoms with van der Waals surface area (Å²) in [5.74, 6) is -0.102. The summed E-state index contributed by atoms with van der Waals surface area (Å²) < 4.78 is 10.8. The fourth-order valence-electron chi connectivity index (χ4n) is 2.71. The van der Waals surface area contributed by atoms with Crippen LogP contribution in [0, 0.1) is 0 Å². The highest BCUT2D eigenvalue weighted by Crippen LogP contribution is 2.36. The third kappa shape index (κ3) is 2.76. The maximum absolute atomic E-state index is 12.1. The molecule has 0 saturated heterocycles. The standard InChI is InChI=1S/C15H16ClNO3.ClH/c1-3-19-15(18)14-10-8-17(2)7-6-9-11(16)4-5-12(20-14)13(9)10;/h4-5H,3,6-8H2,1-2H3;1H. The van der Waals surface area contributed by atoms with E-state index in [0.29, 0.717) is 24.5 Å². The Morgan fingerprint density at radius 2 is 2.19 bits per heavy atom. The van der Waals surface area contributed by atoms with E-state index in [1.165, 1.54) is 0 Å². The maximum atomic E-state index is 12.1. The summed E-state index contributed by atoms with van der Waals surface area (Å²) in [5, 5.41) is 1.70. The van der Waals surface area contributed by atoms with Gasteiger partial charge in [0.25, 0.3) is 0 Å². The van der Waals surface area contributed by atoms with E-state index in [1.807, 2.05) is 19.2 Å². The van der Waals surface area contributed by atoms with E-state index >= 15 is 0 Å². The molecule has 0 N–H and O–H groups in total. The highest BCUT2D eigenvalue weighted by Gasteiger charge is 2.27. The molecule has 0 radical (unpaired) electrons. The predicted molar refractivity (Wildman–Crippen MR) is 84.5 cm³/mol. The second-order valence-electron chi connectivity index (χ2n) is 5.02. The molecule has 3 rings (SSSR count). The maximum Gasteiger partial charge on any atom is 0.374 e. The van der Waals surface area contributed by atoms with Crippen LogP contribution in [0.1, 0.15) is 28.6 Å². The third-order valence-corrected chi connectivity index (χ3v) is 3.99. The first-order chi connectivity index (χ1) is 9.61. The third-order valence-electron chi connectivity index (χ3n) is 3.64. The minimum atomic E-state index is -0.406. The SMILES string of the molecule is CCOC(=O)c1oc2ccc(Cl)c3c2c1CN(C)CC3.Cl. The van der Waals surface area contributed by atoms with Gasteiger partial charge in [-0.3, -0.25) is 0 Å². The van der Waals surface area contributed by atoms with Crippen LogP contribution < -0.4 is 0 Å². The molecule has 2 aromatic rings. The molecule has 0 aliphatic carbocycles. The molecule has 1 aromatic heterocycles. The summed E-state index contributed by atoms with van der Waals surface area (Å²) in [5.41, 5.74) is 2.65. The van der Waals surface area contributed by atoms with Gasteiger partial charge in [0.1, 0.15) is 5.58 Å². The molecule has 1 aliphatic heterocycles. The number of carbonyl (C=O) groups is 1. The molecular weight excluding hydrogens is 313 g/mol. The first-order valence-corrected chi connectivity index (χ1v) is 7.08. The fourth-order valence-corrected chi connectivity index (χ4v) is 2.96. The molecule has 0 amide bonds. The van der Waals surface area contributed by atoms with Crippen LogP contribution in [0.2, 0.25) is 5.02 Å². The summed E-state index contributed by atoms with van der Waals surface area (Å²) in [7, 11) is 2.02. The van der Waals surface area contributed by atoms with Crippen LogP contribution in [-0.4, -0.2) is 31.1 Å². The number of benzene rings is 1. The van der Waals surface area contributed by atoms with Gasteiger partial charge in [0, 0.05) is 29.1 Å². The molecule has 0 atom stereocenters. The van der Waals surface area contributed by atoms with Crippen LogP contribution in [0.25, 0.3) is 11.0 Å². The summed E-state index contributed by atoms with van der Waals surface area (Å²) in [6.07, 6.45) is 0.849. The van der Waals surface area contributed by atoms with Crippen molar-refractivity contribution in [1.82, 2.24) is 4.90 Å². The lowest BCUT2D eigenvalue weighted by Gasteiger charge is -2.13. The number of nitrogens with zero attached hydrogens (tertiary/aromatic N) is 1. The van der Waals surface area contributed by atoms with E-state index in [-0.39, 0.29) is 12.4 Å². The highest BCUT2D eigenvalue weighted by atomic mass is 35.5. The van der Waals surface area contributed by atoms with Gasteiger partial charge >= 0.3 is 5.97 Å². The summed E-state index contributed by atoms with van der Waals surface area (Å²) in [4.78, 5) is 14.2. The van der Waals surface area contributed by atoms with Gasteiger partial charge in [0.05, 0.1) is 6.61 Å². The van der Waals surface area contributed by atoms with Crippen molar-refractivity contribution in [3.05, 3.63) is 34.0 Å². The van der Waals surface area contributed by atoms with Crippen molar-refractivity contribution in [2.75, 3.05) is 20.2 Å². The Morgan fingerprint density at radius 1 is 1.43 bits per heavy atom. The topological polar surface area (TPSA) is 42.7 Å². The second-order valence-corrected chi connectivity index (χ2v) is 5.42. The molecule has 1 aromatic carbocycles. The van der Waals surface area contributed by atoms with Crippen molar-refractivity contribution in [2.45, 2.75) is 19.9 Å². The van der Waals surface area contributed by atoms with Gasteiger partial charge in [-0.1, -0.05) is 11.6 Å². The zero-order valence-electron chi connectivity index (χ0n) is 11.9. The number of halogens is 2. The number of likely N-dealkylation sites (N-methyl/N-ethyl adjacent to an activating group) is 1. The average Bonchev–Trinajstić information content (AvgIpc) is 2.67. The van der Waals surface area contributed by atoms with Crippen molar-refractivity contribution in [3.63, 3.8) is 0 Å². The van der Waals surface area contributed by atoms with E-state index in [9.17, 15) is 4.79 Å². The van der Waals surface area contributed by atoms with Crippen molar-refractivity contribution in [1.29, 1.82) is 0 Å². The van der Waals surface area contributed by atoms with Crippen molar-refractivity contribution >= 4 is 40.9 Å². The number of hydrogen-bond donors (Lipinski definition) is 0. The first kappa shape index (κ1) is 16.1. The number of furan rings is 1. The molecule has 4 nitrogen and oxygen atoms in total. The zero-order valence-corrected chi connectivity index (χ0v) is 13.5. The number of rotatable bonds is 2. The Kier molecular flexibility index (Phi) is 4.81. The fraction of sp³-hybridized carbons (Fsp3) is 0.400. The zero-order chi connectivity index (χ0) is 14.3. The molecule has 0 bridgehead atoms. The van der Waals surface area contributed by atoms with Gasteiger partial charge in [-0.15, -0.1) is 12.4 Å². The van der Waals surface area contributed by atoms with E-state index < -0.39 is 5.97 Å². The van der Waals surface area contributed by atoms with Crippen LogP contribution in [0.5, 0.6) is 0 Å². The number of ether oxygens (including phenoxy) is 1. The average molecular weight is 330 g/mol. The van der Waals surface area contributed by atoms with Crippen molar-refractivity contribution in [3.8, 4) is 0 Å². The Morgan fingerprint density at radius 3 is 2.90 bits per heavy atom. The molecule has 0 spiro atoms.